The van der Waals surface area contributed by atoms with Crippen molar-refractivity contribution in [1.82, 2.24) is 10.6 Å². The molecule has 2 N–H and O–H groups in total. The Kier molecular flexibility index (Phi) is 4.15. The van der Waals surface area contributed by atoms with Crippen LogP contribution in [0.2, 0.25) is 0 Å². The number of carbonyl (C=O) groups excluding carboxylic acids is 1. The van der Waals surface area contributed by atoms with Crippen LogP contribution >= 0.6 is 11.3 Å². The van der Waals surface area contributed by atoms with E-state index in [9.17, 15) is 4.79 Å². The summed E-state index contributed by atoms with van der Waals surface area (Å²) in [6.45, 7) is 3.13. The van der Waals surface area contributed by atoms with E-state index >= 15 is 0 Å². The van der Waals surface area contributed by atoms with Crippen LogP contribution in [0.3, 0.4) is 0 Å². The summed E-state index contributed by atoms with van der Waals surface area (Å²) in [5.74, 6) is -0.00911. The van der Waals surface area contributed by atoms with Gasteiger partial charge in [0, 0.05) is 10.9 Å². The highest BCUT2D eigenvalue weighted by molar-refractivity contribution is 7.10. The summed E-state index contributed by atoms with van der Waals surface area (Å²) < 4.78 is 5.33. The lowest BCUT2D eigenvalue weighted by Crippen LogP contribution is -2.43. The first kappa shape index (κ1) is 12.5. The Morgan fingerprint density at radius 1 is 1.59 bits per heavy atom. The Morgan fingerprint density at radius 3 is 3.06 bits per heavy atom. The number of likely N-dealkylation sites (N-methyl/N-ethyl adjacent to an activating group) is 1. The quantitative estimate of drug-likeness (QED) is 0.848. The summed E-state index contributed by atoms with van der Waals surface area (Å²) in [5.41, 5.74) is 0. The molecule has 1 aliphatic rings. The van der Waals surface area contributed by atoms with Gasteiger partial charge in [-0.15, -0.1) is 11.3 Å². The lowest BCUT2D eigenvalue weighted by molar-refractivity contribution is -0.126. The van der Waals surface area contributed by atoms with Gasteiger partial charge in [0.25, 0.3) is 0 Å². The Morgan fingerprint density at radius 2 is 2.41 bits per heavy atom. The predicted octanol–water partition coefficient (Wildman–Crippen LogP) is 1.16. The monoisotopic (exact) mass is 254 g/mol. The topological polar surface area (TPSA) is 50.4 Å². The SMILES string of the molecule is CNC1COCC1C(=O)N[C@H](C)c1cccs1. The van der Waals surface area contributed by atoms with E-state index in [1.807, 2.05) is 31.5 Å². The molecule has 1 fully saturated rings. The van der Waals surface area contributed by atoms with Gasteiger partial charge in [-0.2, -0.15) is 0 Å². The van der Waals surface area contributed by atoms with Gasteiger partial charge in [0.1, 0.15) is 0 Å². The number of amides is 1. The molecule has 94 valence electrons. The number of rotatable bonds is 4. The van der Waals surface area contributed by atoms with Crippen LogP contribution in [0, 0.1) is 5.92 Å². The van der Waals surface area contributed by atoms with Crippen molar-refractivity contribution in [1.29, 1.82) is 0 Å². The van der Waals surface area contributed by atoms with Crippen molar-refractivity contribution in [2.45, 2.75) is 19.0 Å². The van der Waals surface area contributed by atoms with Gasteiger partial charge in [-0.25, -0.2) is 0 Å². The lowest BCUT2D eigenvalue weighted by Gasteiger charge is -2.19. The number of ether oxygens (including phenoxy) is 1. The highest BCUT2D eigenvalue weighted by Crippen LogP contribution is 2.20. The van der Waals surface area contributed by atoms with Crippen LogP contribution in [0.4, 0.5) is 0 Å². The largest absolute Gasteiger partial charge is 0.379 e. The molecule has 1 amide bonds. The molecule has 5 heteroatoms. The fourth-order valence-corrected chi connectivity index (χ4v) is 2.76. The third-order valence-corrected chi connectivity index (χ3v) is 4.17. The summed E-state index contributed by atoms with van der Waals surface area (Å²) in [4.78, 5) is 13.3. The Hall–Kier alpha value is -0.910. The van der Waals surface area contributed by atoms with E-state index in [0.29, 0.717) is 13.2 Å². The molecule has 17 heavy (non-hydrogen) atoms. The van der Waals surface area contributed by atoms with Crippen LogP contribution in [-0.2, 0) is 9.53 Å². The molecule has 3 atom stereocenters. The molecule has 0 aromatic carbocycles. The molecular weight excluding hydrogens is 236 g/mol. The molecule has 0 aliphatic carbocycles. The molecule has 0 bridgehead atoms. The molecule has 1 saturated heterocycles. The molecule has 2 heterocycles. The molecule has 2 rings (SSSR count). The minimum atomic E-state index is -0.0811. The Balaban J connectivity index is 1.92. The van der Waals surface area contributed by atoms with Gasteiger partial charge in [0.05, 0.1) is 25.2 Å². The van der Waals surface area contributed by atoms with Crippen molar-refractivity contribution in [2.75, 3.05) is 20.3 Å². The normalized spacial score (nSPS) is 25.8. The van der Waals surface area contributed by atoms with Gasteiger partial charge >= 0.3 is 0 Å². The van der Waals surface area contributed by atoms with Gasteiger partial charge < -0.3 is 15.4 Å². The molecule has 1 aromatic rings. The summed E-state index contributed by atoms with van der Waals surface area (Å²) >= 11 is 1.66. The van der Waals surface area contributed by atoms with E-state index in [0.717, 1.165) is 0 Å². The molecule has 2 unspecified atom stereocenters. The molecule has 0 saturated carbocycles. The van der Waals surface area contributed by atoms with E-state index in [4.69, 9.17) is 4.74 Å². The van der Waals surface area contributed by atoms with Gasteiger partial charge in [-0.3, -0.25) is 4.79 Å². The number of carbonyl (C=O) groups is 1. The minimum absolute atomic E-state index is 0.0700. The molecule has 4 nitrogen and oxygen atoms in total. The van der Waals surface area contributed by atoms with Crippen molar-refractivity contribution in [3.63, 3.8) is 0 Å². The average molecular weight is 254 g/mol. The average Bonchev–Trinajstić information content (AvgIpc) is 2.99. The lowest BCUT2D eigenvalue weighted by atomic mass is 10.0. The maximum absolute atomic E-state index is 12.1. The first-order valence-electron chi connectivity index (χ1n) is 5.81. The fraction of sp³-hybridized carbons (Fsp3) is 0.583. The van der Waals surface area contributed by atoms with E-state index in [2.05, 4.69) is 10.6 Å². The fourth-order valence-electron chi connectivity index (χ4n) is 2.03. The van der Waals surface area contributed by atoms with Crippen LogP contribution < -0.4 is 10.6 Å². The highest BCUT2D eigenvalue weighted by atomic mass is 32.1. The second-order valence-electron chi connectivity index (χ2n) is 4.28. The highest BCUT2D eigenvalue weighted by Gasteiger charge is 2.33. The molecular formula is C12H18N2O2S. The number of nitrogens with one attached hydrogen (secondary N) is 2. The summed E-state index contributed by atoms with van der Waals surface area (Å²) in [6.07, 6.45) is 0. The van der Waals surface area contributed by atoms with E-state index in [1.54, 1.807) is 11.3 Å². The number of hydrogen-bond acceptors (Lipinski definition) is 4. The van der Waals surface area contributed by atoms with E-state index in [-0.39, 0.29) is 23.9 Å². The van der Waals surface area contributed by atoms with Crippen LogP contribution in [0.15, 0.2) is 17.5 Å². The van der Waals surface area contributed by atoms with Gasteiger partial charge in [-0.05, 0) is 25.4 Å². The van der Waals surface area contributed by atoms with Crippen molar-refractivity contribution in [3.05, 3.63) is 22.4 Å². The van der Waals surface area contributed by atoms with Crippen LogP contribution in [-0.4, -0.2) is 32.2 Å². The first-order valence-corrected chi connectivity index (χ1v) is 6.69. The van der Waals surface area contributed by atoms with Gasteiger partial charge in [0.15, 0.2) is 0 Å². The third-order valence-electron chi connectivity index (χ3n) is 3.12. The number of thiophene rings is 1. The molecule has 0 spiro atoms. The Bertz CT molecular complexity index is 367. The summed E-state index contributed by atoms with van der Waals surface area (Å²) in [7, 11) is 1.86. The van der Waals surface area contributed by atoms with Gasteiger partial charge in [-0.1, -0.05) is 6.07 Å². The van der Waals surface area contributed by atoms with Crippen LogP contribution in [0.25, 0.3) is 0 Å². The van der Waals surface area contributed by atoms with Crippen molar-refractivity contribution in [3.8, 4) is 0 Å². The van der Waals surface area contributed by atoms with Gasteiger partial charge in [0.2, 0.25) is 5.91 Å². The number of hydrogen-bond donors (Lipinski definition) is 2. The van der Waals surface area contributed by atoms with E-state index < -0.39 is 0 Å². The minimum Gasteiger partial charge on any atom is -0.379 e. The van der Waals surface area contributed by atoms with Crippen LogP contribution in [0.5, 0.6) is 0 Å². The molecule has 1 aromatic heterocycles. The molecule has 1 aliphatic heterocycles. The zero-order valence-electron chi connectivity index (χ0n) is 10.1. The van der Waals surface area contributed by atoms with Crippen molar-refractivity contribution < 1.29 is 9.53 Å². The van der Waals surface area contributed by atoms with E-state index in [1.165, 1.54) is 4.88 Å². The summed E-state index contributed by atoms with van der Waals surface area (Å²) in [5, 5.41) is 8.18. The maximum Gasteiger partial charge on any atom is 0.227 e. The third kappa shape index (κ3) is 2.86. The smallest absolute Gasteiger partial charge is 0.227 e. The van der Waals surface area contributed by atoms with Crippen LogP contribution in [0.1, 0.15) is 17.8 Å². The second kappa shape index (κ2) is 5.62. The Labute approximate surface area is 105 Å². The second-order valence-corrected chi connectivity index (χ2v) is 5.26. The van der Waals surface area contributed by atoms with Crippen molar-refractivity contribution in [2.24, 2.45) is 5.92 Å². The summed E-state index contributed by atoms with van der Waals surface area (Å²) in [6, 6.07) is 4.24. The molecule has 0 radical (unpaired) electrons. The zero-order valence-corrected chi connectivity index (χ0v) is 10.9. The standard InChI is InChI=1S/C12H18N2O2S/c1-8(11-4-3-5-17-11)14-12(15)9-6-16-7-10(9)13-2/h3-5,8-10,13H,6-7H2,1-2H3,(H,14,15)/t8-,9?,10?/m1/s1. The predicted molar refractivity (Wildman–Crippen MR) is 68.0 cm³/mol. The first-order chi connectivity index (χ1) is 8.22. The van der Waals surface area contributed by atoms with Crippen molar-refractivity contribution >= 4 is 17.2 Å². The zero-order chi connectivity index (χ0) is 12.3. The maximum atomic E-state index is 12.1.